The topological polar surface area (TPSA) is 57.5 Å². The van der Waals surface area contributed by atoms with Crippen molar-refractivity contribution in [1.82, 2.24) is 0 Å². The van der Waals surface area contributed by atoms with E-state index in [-0.39, 0.29) is 17.6 Å². The molecule has 2 N–H and O–H groups in total. The first-order valence-corrected chi connectivity index (χ1v) is 12.6. The van der Waals surface area contributed by atoms with Gasteiger partial charge in [0.2, 0.25) is 0 Å². The highest BCUT2D eigenvalue weighted by Crippen LogP contribution is 2.69. The highest BCUT2D eigenvalue weighted by atomic mass is 16.3. The minimum Gasteiger partial charge on any atom is -0.393 e. The molecular formula is C26H44O3. The molecule has 0 aromatic heterocycles. The van der Waals surface area contributed by atoms with E-state index < -0.39 is 0 Å². The van der Waals surface area contributed by atoms with Crippen molar-refractivity contribution >= 4 is 6.29 Å². The van der Waals surface area contributed by atoms with Crippen molar-refractivity contribution in [3.8, 4) is 0 Å². The monoisotopic (exact) mass is 404 g/mol. The number of hydrogen-bond acceptors (Lipinski definition) is 3. The first-order valence-electron chi connectivity index (χ1n) is 12.6. The third-order valence-corrected chi connectivity index (χ3v) is 10.9. The predicted octanol–water partition coefficient (Wildman–Crippen LogP) is 5.23. The Labute approximate surface area is 178 Å². The lowest BCUT2D eigenvalue weighted by atomic mass is 9.41. The minimum absolute atomic E-state index is 0.172. The van der Waals surface area contributed by atoms with Crippen LogP contribution in [0.3, 0.4) is 0 Å². The fourth-order valence-corrected chi connectivity index (χ4v) is 9.46. The first-order chi connectivity index (χ1) is 13.8. The highest BCUT2D eigenvalue weighted by Gasteiger charge is 2.64. The van der Waals surface area contributed by atoms with Crippen LogP contribution in [0.5, 0.6) is 0 Å². The van der Waals surface area contributed by atoms with E-state index in [1.54, 1.807) is 0 Å². The van der Waals surface area contributed by atoms with Gasteiger partial charge in [0.05, 0.1) is 12.2 Å². The summed E-state index contributed by atoms with van der Waals surface area (Å²) in [4.78, 5) is 10.9. The van der Waals surface area contributed by atoms with Crippen LogP contribution in [-0.4, -0.2) is 28.7 Å². The summed E-state index contributed by atoms with van der Waals surface area (Å²) >= 11 is 0. The SMILES string of the molecule is CC[C@@H]1C2C[C@H](O)CC[C@]2(C)C2CC[C@@]3(C)C(CC[C@@H]3[C@H](C)CCC=O)[C@@H]2[C@@H]1O. The summed E-state index contributed by atoms with van der Waals surface area (Å²) in [7, 11) is 0. The molecule has 4 fully saturated rings. The molecule has 3 heteroatoms. The van der Waals surface area contributed by atoms with E-state index in [2.05, 4.69) is 27.7 Å². The second-order valence-electron chi connectivity index (χ2n) is 11.8. The summed E-state index contributed by atoms with van der Waals surface area (Å²) in [5.41, 5.74) is 0.604. The number of hydrogen-bond donors (Lipinski definition) is 2. The van der Waals surface area contributed by atoms with Crippen molar-refractivity contribution < 1.29 is 15.0 Å². The minimum atomic E-state index is -0.206. The molecule has 0 saturated heterocycles. The molecule has 0 heterocycles. The molecule has 3 unspecified atom stereocenters. The Balaban J connectivity index is 1.64. The number of aliphatic hydroxyl groups is 2. The average molecular weight is 405 g/mol. The van der Waals surface area contributed by atoms with Gasteiger partial charge >= 0.3 is 0 Å². The summed E-state index contributed by atoms with van der Waals surface area (Å²) in [6.07, 6.45) is 11.4. The van der Waals surface area contributed by atoms with Crippen molar-refractivity contribution in [1.29, 1.82) is 0 Å². The predicted molar refractivity (Wildman–Crippen MR) is 116 cm³/mol. The molecule has 0 aliphatic heterocycles. The molecule has 166 valence electrons. The molecule has 11 atom stereocenters. The standard InChI is InChI=1S/C26H44O3/c1-5-18-22-15-17(28)10-12-26(22,4)21-11-13-25(3)19(16(2)7-6-14-27)8-9-20(25)23(21)24(18)29/h14,16-24,28-29H,5-13,15H2,1-4H3/t16-,17-,18-,19-,20?,21?,22?,23+,24-,25-,26-/m1/s1. The Morgan fingerprint density at radius 2 is 1.69 bits per heavy atom. The van der Waals surface area contributed by atoms with Crippen molar-refractivity contribution in [3.05, 3.63) is 0 Å². The lowest BCUT2D eigenvalue weighted by Crippen LogP contribution is -2.62. The summed E-state index contributed by atoms with van der Waals surface area (Å²) in [5.74, 6) is 3.77. The molecule has 3 nitrogen and oxygen atoms in total. The number of aldehydes is 1. The van der Waals surface area contributed by atoms with Crippen molar-refractivity contribution in [2.24, 2.45) is 52.3 Å². The molecule has 0 amide bonds. The van der Waals surface area contributed by atoms with E-state index in [0.29, 0.717) is 53.3 Å². The molecule has 0 aromatic rings. The molecule has 29 heavy (non-hydrogen) atoms. The maximum atomic E-state index is 11.7. The second kappa shape index (κ2) is 7.93. The summed E-state index contributed by atoms with van der Waals surface area (Å²) in [6, 6.07) is 0. The van der Waals surface area contributed by atoms with E-state index in [9.17, 15) is 15.0 Å². The van der Waals surface area contributed by atoms with Gasteiger partial charge < -0.3 is 15.0 Å². The van der Waals surface area contributed by atoms with Gasteiger partial charge in [-0.05, 0) is 104 Å². The van der Waals surface area contributed by atoms with E-state index in [1.807, 2.05) is 0 Å². The van der Waals surface area contributed by atoms with Gasteiger partial charge in [0.25, 0.3) is 0 Å². The molecule has 4 aliphatic rings. The van der Waals surface area contributed by atoms with Crippen LogP contribution in [0.1, 0.15) is 91.9 Å². The third-order valence-electron chi connectivity index (χ3n) is 10.9. The number of carbonyl (C=O) groups excluding carboxylic acids is 1. The number of rotatable bonds is 5. The van der Waals surface area contributed by atoms with Crippen LogP contribution in [0, 0.1) is 52.3 Å². The van der Waals surface area contributed by atoms with Crippen LogP contribution in [-0.2, 0) is 4.79 Å². The summed E-state index contributed by atoms with van der Waals surface area (Å²) in [6.45, 7) is 9.64. The summed E-state index contributed by atoms with van der Waals surface area (Å²) in [5, 5.41) is 22.1. The van der Waals surface area contributed by atoms with E-state index in [0.717, 1.165) is 38.4 Å². The van der Waals surface area contributed by atoms with Crippen molar-refractivity contribution in [3.63, 3.8) is 0 Å². The molecule has 4 rings (SSSR count). The largest absolute Gasteiger partial charge is 0.393 e. The Morgan fingerprint density at radius 3 is 2.38 bits per heavy atom. The molecule has 4 saturated carbocycles. The third kappa shape index (κ3) is 3.25. The van der Waals surface area contributed by atoms with E-state index in [1.165, 1.54) is 25.7 Å². The van der Waals surface area contributed by atoms with Gasteiger partial charge in [0.1, 0.15) is 6.29 Å². The lowest BCUT2D eigenvalue weighted by Gasteiger charge is -2.64. The Kier molecular flexibility index (Phi) is 5.97. The fraction of sp³-hybridized carbons (Fsp3) is 0.962. The first kappa shape index (κ1) is 21.8. The van der Waals surface area contributed by atoms with Gasteiger partial charge in [0.15, 0.2) is 0 Å². The molecule has 0 radical (unpaired) electrons. The maximum absolute atomic E-state index is 11.7. The average Bonchev–Trinajstić information content (AvgIpc) is 3.05. The maximum Gasteiger partial charge on any atom is 0.120 e. The molecular weight excluding hydrogens is 360 g/mol. The van der Waals surface area contributed by atoms with Gasteiger partial charge in [-0.2, -0.15) is 0 Å². The second-order valence-corrected chi connectivity index (χ2v) is 11.8. The molecule has 0 spiro atoms. The van der Waals surface area contributed by atoms with E-state index >= 15 is 0 Å². The smallest absolute Gasteiger partial charge is 0.120 e. The van der Waals surface area contributed by atoms with Crippen LogP contribution < -0.4 is 0 Å². The van der Waals surface area contributed by atoms with Gasteiger partial charge in [-0.1, -0.05) is 34.1 Å². The van der Waals surface area contributed by atoms with Gasteiger partial charge in [-0.3, -0.25) is 0 Å². The van der Waals surface area contributed by atoms with Crippen LogP contribution in [0.2, 0.25) is 0 Å². The number of carbonyl (C=O) groups is 1. The lowest BCUT2D eigenvalue weighted by molar-refractivity contribution is -0.203. The quantitative estimate of drug-likeness (QED) is 0.617. The van der Waals surface area contributed by atoms with Crippen molar-refractivity contribution in [2.75, 3.05) is 0 Å². The van der Waals surface area contributed by atoms with Crippen LogP contribution in [0.4, 0.5) is 0 Å². The van der Waals surface area contributed by atoms with E-state index in [4.69, 9.17) is 0 Å². The highest BCUT2D eigenvalue weighted by molar-refractivity contribution is 5.49. The zero-order valence-electron chi connectivity index (χ0n) is 19.1. The Morgan fingerprint density at radius 1 is 1.00 bits per heavy atom. The van der Waals surface area contributed by atoms with Crippen LogP contribution >= 0.6 is 0 Å². The van der Waals surface area contributed by atoms with Crippen molar-refractivity contribution in [2.45, 2.75) is 104 Å². The zero-order chi connectivity index (χ0) is 21.0. The Bertz CT molecular complexity index is 605. The van der Waals surface area contributed by atoms with Crippen LogP contribution in [0.25, 0.3) is 0 Å². The fourth-order valence-electron chi connectivity index (χ4n) is 9.46. The zero-order valence-corrected chi connectivity index (χ0v) is 19.1. The normalized spacial score (nSPS) is 52.9. The van der Waals surface area contributed by atoms with Crippen LogP contribution in [0.15, 0.2) is 0 Å². The molecule has 0 bridgehead atoms. The number of fused-ring (bicyclic) bond motifs is 5. The molecule has 0 aromatic carbocycles. The molecule has 4 aliphatic carbocycles. The summed E-state index contributed by atoms with van der Waals surface area (Å²) < 4.78 is 0. The van der Waals surface area contributed by atoms with Gasteiger partial charge in [-0.15, -0.1) is 0 Å². The van der Waals surface area contributed by atoms with Gasteiger partial charge in [-0.25, -0.2) is 0 Å². The Hall–Kier alpha value is -0.410. The number of aliphatic hydroxyl groups excluding tert-OH is 2. The van der Waals surface area contributed by atoms with Gasteiger partial charge in [0, 0.05) is 6.42 Å².